The predicted octanol–water partition coefficient (Wildman–Crippen LogP) is 4.50. The standard InChI is InChI=1S/C22H25ClN2O3S/c1-16-14-17-8-4-5-9-21(17)25(16)22(26)19-15-18(10-11-20(19)23)29(27,28)24-12-6-2-3-7-13-24/h4-5,8-11,15-16H,2-3,6-7,12-14H2,1H3. The minimum atomic E-state index is -3.65. The summed E-state index contributed by atoms with van der Waals surface area (Å²) in [7, 11) is -3.65. The van der Waals surface area contributed by atoms with Crippen molar-refractivity contribution in [2.45, 2.75) is 50.0 Å². The molecule has 2 aromatic carbocycles. The molecule has 2 heterocycles. The van der Waals surface area contributed by atoms with Crippen molar-refractivity contribution in [3.8, 4) is 0 Å². The molecule has 29 heavy (non-hydrogen) atoms. The van der Waals surface area contributed by atoms with Crippen LogP contribution >= 0.6 is 11.6 Å². The Hall–Kier alpha value is -1.89. The number of amides is 1. The second-order valence-electron chi connectivity index (χ2n) is 7.82. The molecular formula is C22H25ClN2O3S. The van der Waals surface area contributed by atoms with E-state index in [2.05, 4.69) is 0 Å². The van der Waals surface area contributed by atoms with Crippen LogP contribution in [0.25, 0.3) is 0 Å². The second-order valence-corrected chi connectivity index (χ2v) is 10.2. The van der Waals surface area contributed by atoms with Crippen LogP contribution in [-0.4, -0.2) is 37.8 Å². The van der Waals surface area contributed by atoms with Gasteiger partial charge in [-0.1, -0.05) is 42.6 Å². The fourth-order valence-electron chi connectivity index (χ4n) is 4.26. The van der Waals surface area contributed by atoms with Crippen molar-refractivity contribution in [2.24, 2.45) is 0 Å². The van der Waals surface area contributed by atoms with Crippen molar-refractivity contribution in [3.05, 3.63) is 58.6 Å². The van der Waals surface area contributed by atoms with Gasteiger partial charge in [-0.25, -0.2) is 8.42 Å². The maximum absolute atomic E-state index is 13.4. The van der Waals surface area contributed by atoms with E-state index in [1.807, 2.05) is 31.2 Å². The average molecular weight is 433 g/mol. The van der Waals surface area contributed by atoms with Gasteiger partial charge in [-0.15, -0.1) is 0 Å². The SMILES string of the molecule is CC1Cc2ccccc2N1C(=O)c1cc(S(=O)(=O)N2CCCCCC2)ccc1Cl. The van der Waals surface area contributed by atoms with Gasteiger partial charge in [-0.2, -0.15) is 4.31 Å². The second kappa shape index (κ2) is 8.09. The lowest BCUT2D eigenvalue weighted by Gasteiger charge is -2.24. The van der Waals surface area contributed by atoms with Crippen LogP contribution < -0.4 is 4.90 Å². The summed E-state index contributed by atoms with van der Waals surface area (Å²) in [6, 6.07) is 12.2. The highest BCUT2D eigenvalue weighted by Crippen LogP contribution is 2.35. The molecule has 1 saturated heterocycles. The molecule has 0 N–H and O–H groups in total. The first-order valence-corrected chi connectivity index (χ1v) is 11.9. The Kier molecular flexibility index (Phi) is 5.69. The number of hydrogen-bond acceptors (Lipinski definition) is 3. The quantitative estimate of drug-likeness (QED) is 0.717. The van der Waals surface area contributed by atoms with E-state index in [-0.39, 0.29) is 27.4 Å². The minimum Gasteiger partial charge on any atom is -0.305 e. The maximum atomic E-state index is 13.4. The van der Waals surface area contributed by atoms with Crippen LogP contribution in [0.15, 0.2) is 47.4 Å². The molecule has 5 nitrogen and oxygen atoms in total. The highest BCUT2D eigenvalue weighted by molar-refractivity contribution is 7.89. The Morgan fingerprint density at radius 3 is 2.45 bits per heavy atom. The van der Waals surface area contributed by atoms with Crippen molar-refractivity contribution in [1.29, 1.82) is 0 Å². The van der Waals surface area contributed by atoms with Crippen molar-refractivity contribution < 1.29 is 13.2 Å². The van der Waals surface area contributed by atoms with Gasteiger partial charge in [0.25, 0.3) is 5.91 Å². The molecule has 1 amide bonds. The Labute approximate surface area is 177 Å². The monoisotopic (exact) mass is 432 g/mol. The topological polar surface area (TPSA) is 57.7 Å². The van der Waals surface area contributed by atoms with Crippen molar-refractivity contribution >= 4 is 33.2 Å². The van der Waals surface area contributed by atoms with Gasteiger partial charge in [0.05, 0.1) is 15.5 Å². The first kappa shape index (κ1) is 20.4. The first-order chi connectivity index (χ1) is 13.9. The highest BCUT2D eigenvalue weighted by atomic mass is 35.5. The Bertz CT molecular complexity index is 1030. The number of para-hydroxylation sites is 1. The molecule has 2 aliphatic rings. The molecule has 7 heteroatoms. The summed E-state index contributed by atoms with van der Waals surface area (Å²) < 4.78 is 27.9. The molecule has 1 unspecified atom stereocenters. The number of hydrogen-bond donors (Lipinski definition) is 0. The third-order valence-corrected chi connectivity index (χ3v) is 8.02. The summed E-state index contributed by atoms with van der Waals surface area (Å²) in [6.07, 6.45) is 4.58. The van der Waals surface area contributed by atoms with Gasteiger partial charge in [-0.3, -0.25) is 4.79 Å². The number of carbonyl (C=O) groups is 1. The first-order valence-electron chi connectivity index (χ1n) is 10.1. The number of rotatable bonds is 3. The largest absolute Gasteiger partial charge is 0.305 e. The van der Waals surface area contributed by atoms with Gasteiger partial charge in [0, 0.05) is 24.8 Å². The third-order valence-electron chi connectivity index (χ3n) is 5.80. The van der Waals surface area contributed by atoms with Crippen LogP contribution in [0.5, 0.6) is 0 Å². The summed E-state index contributed by atoms with van der Waals surface area (Å²) >= 11 is 6.35. The fraction of sp³-hybridized carbons (Fsp3) is 0.409. The summed E-state index contributed by atoms with van der Waals surface area (Å²) in [5, 5.41) is 0.265. The average Bonchev–Trinajstić information content (AvgIpc) is 2.86. The number of nitrogens with zero attached hydrogens (tertiary/aromatic N) is 2. The lowest BCUT2D eigenvalue weighted by atomic mass is 10.1. The lowest BCUT2D eigenvalue weighted by Crippen LogP contribution is -2.36. The predicted molar refractivity (Wildman–Crippen MR) is 115 cm³/mol. The zero-order valence-corrected chi connectivity index (χ0v) is 18.0. The van der Waals surface area contributed by atoms with Crippen LogP contribution in [0.3, 0.4) is 0 Å². The van der Waals surface area contributed by atoms with Crippen LogP contribution in [-0.2, 0) is 16.4 Å². The van der Waals surface area contributed by atoms with E-state index in [0.29, 0.717) is 13.1 Å². The molecule has 2 aromatic rings. The maximum Gasteiger partial charge on any atom is 0.260 e. The minimum absolute atomic E-state index is 0.0122. The molecule has 4 rings (SSSR count). The Balaban J connectivity index is 1.70. The van der Waals surface area contributed by atoms with Crippen LogP contribution in [0.2, 0.25) is 5.02 Å². The smallest absolute Gasteiger partial charge is 0.260 e. The van der Waals surface area contributed by atoms with Crippen LogP contribution in [0.1, 0.15) is 48.5 Å². The van der Waals surface area contributed by atoms with Crippen molar-refractivity contribution in [2.75, 3.05) is 18.0 Å². The van der Waals surface area contributed by atoms with E-state index >= 15 is 0 Å². The number of halogens is 1. The van der Waals surface area contributed by atoms with E-state index in [0.717, 1.165) is 43.4 Å². The van der Waals surface area contributed by atoms with Crippen LogP contribution in [0, 0.1) is 0 Å². The molecule has 1 atom stereocenters. The summed E-state index contributed by atoms with van der Waals surface area (Å²) in [6.45, 7) is 3.03. The number of anilines is 1. The van der Waals surface area contributed by atoms with Crippen molar-refractivity contribution in [1.82, 2.24) is 4.31 Å². The summed E-state index contributed by atoms with van der Waals surface area (Å²) in [5.74, 6) is -0.264. The molecule has 0 aliphatic carbocycles. The Morgan fingerprint density at radius 2 is 1.72 bits per heavy atom. The molecule has 0 aromatic heterocycles. The zero-order chi connectivity index (χ0) is 20.6. The van der Waals surface area contributed by atoms with E-state index in [1.165, 1.54) is 22.5 Å². The Morgan fingerprint density at radius 1 is 1.03 bits per heavy atom. The normalized spacial score (nSPS) is 20.3. The molecule has 0 radical (unpaired) electrons. The van der Waals surface area contributed by atoms with E-state index in [9.17, 15) is 13.2 Å². The molecule has 2 aliphatic heterocycles. The van der Waals surface area contributed by atoms with E-state index in [1.54, 1.807) is 4.90 Å². The number of benzene rings is 2. The van der Waals surface area contributed by atoms with Gasteiger partial charge in [-0.05, 0) is 56.0 Å². The van der Waals surface area contributed by atoms with E-state index < -0.39 is 10.0 Å². The number of sulfonamides is 1. The van der Waals surface area contributed by atoms with Gasteiger partial charge in [0.2, 0.25) is 10.0 Å². The highest BCUT2D eigenvalue weighted by Gasteiger charge is 2.33. The fourth-order valence-corrected chi connectivity index (χ4v) is 6.01. The summed E-state index contributed by atoms with van der Waals surface area (Å²) in [5.41, 5.74) is 2.20. The van der Waals surface area contributed by atoms with Gasteiger partial charge in [0.1, 0.15) is 0 Å². The van der Waals surface area contributed by atoms with Crippen molar-refractivity contribution in [3.63, 3.8) is 0 Å². The third kappa shape index (κ3) is 3.81. The van der Waals surface area contributed by atoms with Gasteiger partial charge in [0.15, 0.2) is 0 Å². The molecule has 1 fully saturated rings. The number of carbonyl (C=O) groups excluding carboxylic acids is 1. The molecule has 0 saturated carbocycles. The molecule has 154 valence electrons. The van der Waals surface area contributed by atoms with Gasteiger partial charge < -0.3 is 4.90 Å². The van der Waals surface area contributed by atoms with Crippen LogP contribution in [0.4, 0.5) is 5.69 Å². The van der Waals surface area contributed by atoms with E-state index in [4.69, 9.17) is 11.6 Å². The molecular weight excluding hydrogens is 408 g/mol. The zero-order valence-electron chi connectivity index (χ0n) is 16.5. The lowest BCUT2D eigenvalue weighted by molar-refractivity contribution is 0.0981. The molecule has 0 spiro atoms. The number of fused-ring (bicyclic) bond motifs is 1. The summed E-state index contributed by atoms with van der Waals surface area (Å²) in [4.78, 5) is 15.2. The molecule has 0 bridgehead atoms. The van der Waals surface area contributed by atoms with Gasteiger partial charge >= 0.3 is 0 Å².